The summed E-state index contributed by atoms with van der Waals surface area (Å²) in [5, 5.41) is 11.3. The number of hydrogen-bond acceptors (Lipinski definition) is 5. The topological polar surface area (TPSA) is 103 Å². The molecule has 4 aromatic rings. The molecule has 126 valence electrons. The second-order valence-electron chi connectivity index (χ2n) is 5.19. The van der Waals surface area contributed by atoms with Crippen LogP contribution in [-0.2, 0) is 11.3 Å². The standard InChI is InChI=1S/C16H13N5O2S2/c22-25(23)21-12-8-6-11(7-9-12)17-16-18-14-13(19-20-15(14)24-16)10-4-2-1-3-5-10/h1-9,21H,(H,17,18)(H,19,20)(H,22,23). The Hall–Kier alpha value is -2.75. The van der Waals surface area contributed by atoms with Crippen LogP contribution in [-0.4, -0.2) is 23.9 Å². The molecule has 25 heavy (non-hydrogen) atoms. The number of anilines is 3. The molecule has 2 aromatic heterocycles. The Bertz CT molecular complexity index is 1030. The van der Waals surface area contributed by atoms with E-state index in [-0.39, 0.29) is 0 Å². The molecule has 2 heterocycles. The Labute approximate surface area is 149 Å². The fraction of sp³-hybridized carbons (Fsp3) is 0. The summed E-state index contributed by atoms with van der Waals surface area (Å²) < 4.78 is 22.0. The van der Waals surface area contributed by atoms with E-state index in [2.05, 4.69) is 25.2 Å². The number of hydrogen-bond donors (Lipinski definition) is 4. The van der Waals surface area contributed by atoms with Crippen LogP contribution in [0.1, 0.15) is 0 Å². The lowest BCUT2D eigenvalue weighted by molar-refractivity contribution is 0.570. The van der Waals surface area contributed by atoms with Crippen molar-refractivity contribution >= 4 is 49.5 Å². The molecule has 0 spiro atoms. The molecule has 0 aliphatic heterocycles. The highest BCUT2D eigenvalue weighted by molar-refractivity contribution is 7.80. The molecular formula is C16H13N5O2S2. The third-order valence-corrected chi connectivity index (χ3v) is 4.79. The van der Waals surface area contributed by atoms with Crippen LogP contribution in [0, 0.1) is 0 Å². The molecule has 0 bridgehead atoms. The zero-order chi connectivity index (χ0) is 17.2. The van der Waals surface area contributed by atoms with E-state index in [0.717, 1.165) is 32.4 Å². The van der Waals surface area contributed by atoms with Gasteiger partial charge in [0.1, 0.15) is 5.52 Å². The second kappa shape index (κ2) is 6.63. The normalized spacial score (nSPS) is 12.2. The van der Waals surface area contributed by atoms with Crippen LogP contribution in [0.3, 0.4) is 0 Å². The van der Waals surface area contributed by atoms with Gasteiger partial charge in [-0.25, -0.2) is 9.19 Å². The van der Waals surface area contributed by atoms with E-state index in [1.165, 1.54) is 11.3 Å². The predicted octanol–water partition coefficient (Wildman–Crippen LogP) is 3.98. The molecule has 4 N–H and O–H groups in total. The van der Waals surface area contributed by atoms with Gasteiger partial charge in [0.2, 0.25) is 0 Å². The average Bonchev–Trinajstić information content (AvgIpc) is 3.17. The Morgan fingerprint density at radius 2 is 1.76 bits per heavy atom. The SMILES string of the molecule is O=S(O)Nc1ccc(Nc2nc3c(-c4ccccc4)[nH]nc3s2)cc1. The number of rotatable bonds is 5. The highest BCUT2D eigenvalue weighted by Gasteiger charge is 2.13. The van der Waals surface area contributed by atoms with Crippen LogP contribution in [0.15, 0.2) is 54.6 Å². The molecule has 0 saturated heterocycles. The van der Waals surface area contributed by atoms with Gasteiger partial charge >= 0.3 is 0 Å². The summed E-state index contributed by atoms with van der Waals surface area (Å²) >= 11 is -0.626. The van der Waals surface area contributed by atoms with Crippen LogP contribution in [0.2, 0.25) is 0 Å². The number of nitrogens with one attached hydrogen (secondary N) is 3. The van der Waals surface area contributed by atoms with Crippen molar-refractivity contribution in [1.82, 2.24) is 15.2 Å². The van der Waals surface area contributed by atoms with Crippen molar-refractivity contribution in [2.75, 3.05) is 10.0 Å². The molecule has 0 radical (unpaired) electrons. The van der Waals surface area contributed by atoms with Gasteiger partial charge < -0.3 is 5.32 Å². The molecule has 0 amide bonds. The quantitative estimate of drug-likeness (QED) is 0.397. The maximum Gasteiger partial charge on any atom is 0.259 e. The number of aromatic amines is 1. The van der Waals surface area contributed by atoms with E-state index in [1.54, 1.807) is 24.3 Å². The van der Waals surface area contributed by atoms with Gasteiger partial charge in [0.15, 0.2) is 9.96 Å². The Morgan fingerprint density at radius 3 is 2.48 bits per heavy atom. The lowest BCUT2D eigenvalue weighted by Crippen LogP contribution is -2.01. The van der Waals surface area contributed by atoms with Gasteiger partial charge in [-0.15, -0.1) is 0 Å². The molecule has 1 atom stereocenters. The maximum atomic E-state index is 10.7. The number of aromatic nitrogens is 3. The summed E-state index contributed by atoms with van der Waals surface area (Å²) in [5.41, 5.74) is 4.15. The summed E-state index contributed by atoms with van der Waals surface area (Å²) in [6.45, 7) is 0. The van der Waals surface area contributed by atoms with Crippen LogP contribution in [0.4, 0.5) is 16.5 Å². The first kappa shape index (κ1) is 15.8. The molecule has 0 aliphatic carbocycles. The van der Waals surface area contributed by atoms with Crippen LogP contribution in [0.25, 0.3) is 21.6 Å². The number of nitrogens with zero attached hydrogens (tertiary/aromatic N) is 2. The minimum atomic E-state index is -2.08. The Morgan fingerprint density at radius 1 is 1.04 bits per heavy atom. The first-order chi connectivity index (χ1) is 12.2. The minimum Gasteiger partial charge on any atom is -0.331 e. The number of thiazole rings is 1. The maximum absolute atomic E-state index is 10.7. The van der Waals surface area contributed by atoms with E-state index in [1.807, 2.05) is 30.3 Å². The van der Waals surface area contributed by atoms with Crippen LogP contribution >= 0.6 is 11.3 Å². The minimum absolute atomic E-state index is 0.562. The molecule has 7 nitrogen and oxygen atoms in total. The van der Waals surface area contributed by atoms with E-state index >= 15 is 0 Å². The second-order valence-corrected chi connectivity index (χ2v) is 6.87. The number of H-pyrrole nitrogens is 1. The van der Waals surface area contributed by atoms with Crippen LogP contribution < -0.4 is 10.0 Å². The predicted molar refractivity (Wildman–Crippen MR) is 101 cm³/mol. The molecule has 0 saturated carbocycles. The molecular weight excluding hydrogens is 358 g/mol. The van der Waals surface area contributed by atoms with E-state index in [4.69, 9.17) is 4.55 Å². The van der Waals surface area contributed by atoms with Crippen molar-refractivity contribution in [3.05, 3.63) is 54.6 Å². The zero-order valence-electron chi connectivity index (χ0n) is 12.8. The lowest BCUT2D eigenvalue weighted by Gasteiger charge is -2.04. The molecule has 1 unspecified atom stereocenters. The van der Waals surface area contributed by atoms with Crippen molar-refractivity contribution < 1.29 is 8.76 Å². The highest BCUT2D eigenvalue weighted by Crippen LogP contribution is 2.33. The summed E-state index contributed by atoms with van der Waals surface area (Å²) in [4.78, 5) is 5.45. The zero-order valence-corrected chi connectivity index (χ0v) is 14.4. The van der Waals surface area contributed by atoms with Gasteiger partial charge in [0.25, 0.3) is 11.3 Å². The van der Waals surface area contributed by atoms with Crippen molar-refractivity contribution in [3.63, 3.8) is 0 Å². The first-order valence-electron chi connectivity index (χ1n) is 7.34. The fourth-order valence-electron chi connectivity index (χ4n) is 2.42. The smallest absolute Gasteiger partial charge is 0.259 e. The van der Waals surface area contributed by atoms with Gasteiger partial charge in [-0.05, 0) is 24.3 Å². The Kier molecular flexibility index (Phi) is 4.18. The van der Waals surface area contributed by atoms with Crippen molar-refractivity contribution in [2.24, 2.45) is 0 Å². The van der Waals surface area contributed by atoms with Crippen molar-refractivity contribution in [2.45, 2.75) is 0 Å². The third kappa shape index (κ3) is 3.38. The van der Waals surface area contributed by atoms with E-state index < -0.39 is 11.3 Å². The Balaban J connectivity index is 1.58. The highest BCUT2D eigenvalue weighted by atomic mass is 32.2. The lowest BCUT2D eigenvalue weighted by atomic mass is 10.1. The van der Waals surface area contributed by atoms with Gasteiger partial charge in [0, 0.05) is 16.9 Å². The van der Waals surface area contributed by atoms with Gasteiger partial charge in [-0.2, -0.15) is 5.10 Å². The van der Waals surface area contributed by atoms with E-state index in [0.29, 0.717) is 5.69 Å². The van der Waals surface area contributed by atoms with E-state index in [9.17, 15) is 4.21 Å². The third-order valence-electron chi connectivity index (χ3n) is 3.52. The van der Waals surface area contributed by atoms with Gasteiger partial charge in [-0.3, -0.25) is 14.4 Å². The molecule has 0 aliphatic rings. The summed E-state index contributed by atoms with van der Waals surface area (Å²) in [6.07, 6.45) is 0. The van der Waals surface area contributed by atoms with Crippen LogP contribution in [0.5, 0.6) is 0 Å². The van der Waals surface area contributed by atoms with Gasteiger partial charge in [0.05, 0.1) is 5.69 Å². The summed E-state index contributed by atoms with van der Waals surface area (Å²) in [5.74, 6) is 0. The largest absolute Gasteiger partial charge is 0.331 e. The monoisotopic (exact) mass is 371 g/mol. The molecule has 4 rings (SSSR count). The van der Waals surface area contributed by atoms with Gasteiger partial charge in [-0.1, -0.05) is 41.7 Å². The molecule has 0 fully saturated rings. The fourth-order valence-corrected chi connectivity index (χ4v) is 3.58. The first-order valence-corrected chi connectivity index (χ1v) is 9.26. The summed E-state index contributed by atoms with van der Waals surface area (Å²) in [6, 6.07) is 17.0. The van der Waals surface area contributed by atoms with Crippen molar-refractivity contribution in [3.8, 4) is 11.3 Å². The number of fused-ring (bicyclic) bond motifs is 1. The number of benzene rings is 2. The molecule has 2 aromatic carbocycles. The molecule has 9 heteroatoms. The summed E-state index contributed by atoms with van der Waals surface area (Å²) in [7, 11) is 0. The van der Waals surface area contributed by atoms with Crippen molar-refractivity contribution in [1.29, 1.82) is 0 Å². The average molecular weight is 371 g/mol.